The van der Waals surface area contributed by atoms with Gasteiger partial charge in [-0.1, -0.05) is 0 Å². The first-order valence-electron chi connectivity index (χ1n) is 2.26. The average Bonchev–Trinajstić information content (AvgIpc) is 2.14. The molecule has 0 saturated carbocycles. The molecular weight excluding hydrogens is 90.1 g/mol. The summed E-state index contributed by atoms with van der Waals surface area (Å²) in [7, 11) is 0. The Kier molecular flexibility index (Phi) is 1.25. The van der Waals surface area contributed by atoms with Crippen LogP contribution in [0.15, 0.2) is 0 Å². The second-order valence-corrected chi connectivity index (χ2v) is 1.47. The topological polar surface area (TPSA) is 49.9 Å². The summed E-state index contributed by atoms with van der Waals surface area (Å²) in [5.41, 5.74) is 6.47. The minimum atomic E-state index is -0.0833. The van der Waals surface area contributed by atoms with Crippen LogP contribution in [-0.4, -0.2) is 12.6 Å². The van der Waals surface area contributed by atoms with Crippen molar-refractivity contribution in [3.63, 3.8) is 0 Å². The molecule has 3 heteroatoms. The van der Waals surface area contributed by atoms with Gasteiger partial charge in [-0.3, -0.25) is 0 Å². The van der Waals surface area contributed by atoms with Gasteiger partial charge in [0.1, 0.15) is 6.04 Å². The molecule has 1 atom stereocenters. The Morgan fingerprint density at radius 3 is 3.00 bits per heavy atom. The van der Waals surface area contributed by atoms with E-state index < -0.39 is 0 Å². The van der Waals surface area contributed by atoms with Crippen LogP contribution in [0.1, 0.15) is 6.42 Å². The van der Waals surface area contributed by atoms with Gasteiger partial charge in [0.25, 0.3) is 0 Å². The zero-order chi connectivity index (χ0) is 5.11. The molecule has 1 heterocycles. The SMILES string of the molecule is N#CC1CCN[N]1. The van der Waals surface area contributed by atoms with E-state index in [-0.39, 0.29) is 6.04 Å². The van der Waals surface area contributed by atoms with E-state index in [0.29, 0.717) is 0 Å². The smallest absolute Gasteiger partial charge is 0.129 e. The first-order valence-corrected chi connectivity index (χ1v) is 2.26. The molecule has 1 aliphatic heterocycles. The molecule has 1 radical (unpaired) electrons. The number of nitriles is 1. The summed E-state index contributed by atoms with van der Waals surface area (Å²) in [6.07, 6.45) is 0.872. The van der Waals surface area contributed by atoms with Gasteiger partial charge < -0.3 is 0 Å². The van der Waals surface area contributed by atoms with Crippen LogP contribution in [0.5, 0.6) is 0 Å². The summed E-state index contributed by atoms with van der Waals surface area (Å²) in [6, 6.07) is 1.95. The summed E-state index contributed by atoms with van der Waals surface area (Å²) in [5.74, 6) is 0. The Morgan fingerprint density at radius 1 is 1.86 bits per heavy atom. The van der Waals surface area contributed by atoms with Crippen LogP contribution in [0.2, 0.25) is 0 Å². The van der Waals surface area contributed by atoms with Crippen LogP contribution in [-0.2, 0) is 0 Å². The lowest BCUT2D eigenvalue weighted by atomic mass is 10.3. The van der Waals surface area contributed by atoms with E-state index in [2.05, 4.69) is 10.9 Å². The molecule has 0 spiro atoms. The van der Waals surface area contributed by atoms with Crippen molar-refractivity contribution in [3.05, 3.63) is 0 Å². The third kappa shape index (κ3) is 0.889. The first-order chi connectivity index (χ1) is 3.43. The fourth-order valence-corrected chi connectivity index (χ4v) is 0.534. The quantitative estimate of drug-likeness (QED) is 0.437. The molecule has 0 bridgehead atoms. The van der Waals surface area contributed by atoms with Crippen molar-refractivity contribution in [1.82, 2.24) is 10.9 Å². The van der Waals surface area contributed by atoms with Crippen molar-refractivity contribution >= 4 is 0 Å². The second-order valence-electron chi connectivity index (χ2n) is 1.47. The Bertz CT molecular complexity index is 87.6. The van der Waals surface area contributed by atoms with E-state index >= 15 is 0 Å². The lowest BCUT2D eigenvalue weighted by Gasteiger charge is -1.87. The molecule has 0 amide bonds. The highest BCUT2D eigenvalue weighted by atomic mass is 15.4. The highest BCUT2D eigenvalue weighted by Gasteiger charge is 2.12. The van der Waals surface area contributed by atoms with Crippen LogP contribution < -0.4 is 10.9 Å². The summed E-state index contributed by atoms with van der Waals surface area (Å²) < 4.78 is 0. The predicted octanol–water partition coefficient (Wildman–Crippen LogP) is -0.609. The van der Waals surface area contributed by atoms with Crippen molar-refractivity contribution in [3.8, 4) is 6.07 Å². The molecule has 1 saturated heterocycles. The molecule has 37 valence electrons. The Morgan fingerprint density at radius 2 is 2.71 bits per heavy atom. The zero-order valence-corrected chi connectivity index (χ0v) is 3.89. The normalized spacial score (nSPS) is 29.9. The van der Waals surface area contributed by atoms with Crippen LogP contribution in [0.25, 0.3) is 0 Å². The van der Waals surface area contributed by atoms with Crippen LogP contribution in [0, 0.1) is 11.3 Å². The van der Waals surface area contributed by atoms with E-state index in [1.807, 2.05) is 6.07 Å². The van der Waals surface area contributed by atoms with Gasteiger partial charge in [0.15, 0.2) is 0 Å². The maximum absolute atomic E-state index is 8.18. The van der Waals surface area contributed by atoms with E-state index in [0.717, 1.165) is 13.0 Å². The van der Waals surface area contributed by atoms with Gasteiger partial charge in [-0.25, -0.2) is 5.43 Å². The molecule has 0 aliphatic carbocycles. The van der Waals surface area contributed by atoms with E-state index in [1.54, 1.807) is 0 Å². The summed E-state index contributed by atoms with van der Waals surface area (Å²) in [5, 5.41) is 8.18. The van der Waals surface area contributed by atoms with Gasteiger partial charge in [0.05, 0.1) is 6.07 Å². The monoisotopic (exact) mass is 96.1 g/mol. The van der Waals surface area contributed by atoms with Crippen LogP contribution in [0.3, 0.4) is 0 Å². The molecule has 0 aromatic carbocycles. The molecule has 0 aromatic heterocycles. The highest BCUT2D eigenvalue weighted by Crippen LogP contribution is 1.93. The Labute approximate surface area is 42.3 Å². The molecular formula is C4H6N3. The van der Waals surface area contributed by atoms with Gasteiger partial charge in [0.2, 0.25) is 0 Å². The maximum atomic E-state index is 8.18. The minimum Gasteiger partial charge on any atom is -0.239 e. The lowest BCUT2D eigenvalue weighted by molar-refractivity contribution is 0.621. The van der Waals surface area contributed by atoms with Crippen LogP contribution >= 0.6 is 0 Å². The van der Waals surface area contributed by atoms with Gasteiger partial charge in [-0.05, 0) is 6.42 Å². The average molecular weight is 96.1 g/mol. The Balaban J connectivity index is 2.31. The molecule has 0 aromatic rings. The number of rotatable bonds is 0. The molecule has 1 fully saturated rings. The van der Waals surface area contributed by atoms with Crippen molar-refractivity contribution < 1.29 is 0 Å². The van der Waals surface area contributed by atoms with Crippen molar-refractivity contribution in [2.75, 3.05) is 6.54 Å². The fraction of sp³-hybridized carbons (Fsp3) is 0.750. The molecule has 7 heavy (non-hydrogen) atoms. The molecule has 1 aliphatic rings. The van der Waals surface area contributed by atoms with Crippen LogP contribution in [0.4, 0.5) is 0 Å². The number of nitrogens with zero attached hydrogens (tertiary/aromatic N) is 2. The fourth-order valence-electron chi connectivity index (χ4n) is 0.534. The number of hydrogen-bond acceptors (Lipinski definition) is 2. The first kappa shape index (κ1) is 4.57. The lowest BCUT2D eigenvalue weighted by Crippen LogP contribution is -2.19. The maximum Gasteiger partial charge on any atom is 0.129 e. The second kappa shape index (κ2) is 1.92. The number of nitrogens with one attached hydrogen (secondary N) is 1. The molecule has 1 unspecified atom stereocenters. The zero-order valence-electron chi connectivity index (χ0n) is 3.89. The molecule has 1 N–H and O–H groups in total. The Hall–Kier alpha value is -0.590. The third-order valence-corrected chi connectivity index (χ3v) is 0.926. The van der Waals surface area contributed by atoms with Gasteiger partial charge in [-0.15, -0.1) is 5.43 Å². The van der Waals surface area contributed by atoms with Gasteiger partial charge in [0, 0.05) is 6.54 Å². The summed E-state index contributed by atoms with van der Waals surface area (Å²) >= 11 is 0. The predicted molar refractivity (Wildman–Crippen MR) is 24.2 cm³/mol. The largest absolute Gasteiger partial charge is 0.239 e. The minimum absolute atomic E-state index is 0.0833. The van der Waals surface area contributed by atoms with Crippen molar-refractivity contribution in [1.29, 1.82) is 5.26 Å². The van der Waals surface area contributed by atoms with Crippen molar-refractivity contribution in [2.24, 2.45) is 0 Å². The third-order valence-electron chi connectivity index (χ3n) is 0.926. The van der Waals surface area contributed by atoms with Gasteiger partial charge in [-0.2, -0.15) is 5.26 Å². The van der Waals surface area contributed by atoms with E-state index in [1.165, 1.54) is 0 Å². The summed E-state index contributed by atoms with van der Waals surface area (Å²) in [4.78, 5) is 0. The number of hydrogen-bond donors (Lipinski definition) is 1. The highest BCUT2D eigenvalue weighted by molar-refractivity contribution is 4.91. The summed E-state index contributed by atoms with van der Waals surface area (Å²) in [6.45, 7) is 0.859. The van der Waals surface area contributed by atoms with E-state index in [4.69, 9.17) is 5.26 Å². The standard InChI is InChI=1S/C4H6N3/c5-3-4-1-2-6-7-4/h4,6H,1-2H2. The molecule has 3 nitrogen and oxygen atoms in total. The van der Waals surface area contributed by atoms with E-state index in [9.17, 15) is 0 Å². The molecule has 1 rings (SSSR count). The van der Waals surface area contributed by atoms with Crippen molar-refractivity contribution in [2.45, 2.75) is 12.5 Å². The van der Waals surface area contributed by atoms with Gasteiger partial charge >= 0.3 is 0 Å².